The summed E-state index contributed by atoms with van der Waals surface area (Å²) in [6.07, 6.45) is 3.43. The Morgan fingerprint density at radius 3 is 1.93 bits per heavy atom. The zero-order valence-corrected chi connectivity index (χ0v) is 33.8. The summed E-state index contributed by atoms with van der Waals surface area (Å²) in [6.45, 7) is 22.0. The maximum atomic E-state index is 12.8. The number of aromatic nitrogens is 4. The monoisotopic (exact) mass is 729 g/mol. The van der Waals surface area contributed by atoms with Crippen LogP contribution in [-0.4, -0.2) is 25.8 Å². The minimum atomic E-state index is -0.516. The lowest BCUT2D eigenvalue weighted by molar-refractivity contribution is 0.0997. The number of aromatic amines is 2. The third kappa shape index (κ3) is 5.42. The number of nitrogens with two attached hydrogens (primary N) is 1. The van der Waals surface area contributed by atoms with Gasteiger partial charge in [0.25, 0.3) is 5.91 Å². The van der Waals surface area contributed by atoms with E-state index in [0.717, 1.165) is 104 Å². The minimum Gasteiger partial charge on any atom is -0.455 e. The zero-order chi connectivity index (χ0) is 39.1. The molecule has 8 bridgehead atoms. The van der Waals surface area contributed by atoms with Crippen molar-refractivity contribution in [1.82, 2.24) is 19.9 Å². The summed E-state index contributed by atoms with van der Waals surface area (Å²) in [4.78, 5) is 31.4. The van der Waals surface area contributed by atoms with Crippen molar-refractivity contribution in [3.05, 3.63) is 116 Å². The maximum absolute atomic E-state index is 12.8. The molecule has 0 radical (unpaired) electrons. The van der Waals surface area contributed by atoms with Crippen LogP contribution in [0, 0.1) is 13.8 Å². The first-order chi connectivity index (χ1) is 26.3. The summed E-state index contributed by atoms with van der Waals surface area (Å²) in [5.74, 6) is 0.706. The lowest BCUT2D eigenvalue weighted by atomic mass is 9.74. The van der Waals surface area contributed by atoms with Crippen molar-refractivity contribution in [3.63, 3.8) is 0 Å². The van der Waals surface area contributed by atoms with Gasteiger partial charge in [-0.3, -0.25) is 4.79 Å². The maximum Gasteiger partial charge on any atom is 0.252 e. The van der Waals surface area contributed by atoms with E-state index in [-0.39, 0.29) is 0 Å². The summed E-state index contributed by atoms with van der Waals surface area (Å²) in [5, 5.41) is 0. The number of nitrogens with zero attached hydrogens (tertiary/aromatic N) is 2. The summed E-state index contributed by atoms with van der Waals surface area (Å²) in [5.41, 5.74) is 27.5. The van der Waals surface area contributed by atoms with E-state index < -0.39 is 11.3 Å². The number of fused-ring (bicyclic) bond motifs is 10. The van der Waals surface area contributed by atoms with Gasteiger partial charge in [0.1, 0.15) is 11.5 Å². The molecule has 6 heterocycles. The summed E-state index contributed by atoms with van der Waals surface area (Å²) < 4.78 is 6.95. The molecule has 0 fully saturated rings. The Kier molecular flexibility index (Phi) is 8.75. The molecule has 280 valence electrons. The van der Waals surface area contributed by atoms with Gasteiger partial charge in [-0.1, -0.05) is 71.9 Å². The number of benzene rings is 2. The Labute approximate surface area is 323 Å². The molecular weight excluding hydrogens is 679 g/mol. The minimum absolute atomic E-state index is 0.371. The second kappa shape index (κ2) is 13.3. The fourth-order valence-corrected chi connectivity index (χ4v) is 9.34. The number of hydrogen-bond donors (Lipinski definition) is 3. The third-order valence-electron chi connectivity index (χ3n) is 12.5. The van der Waals surface area contributed by atoms with Crippen LogP contribution in [0.5, 0.6) is 11.5 Å². The van der Waals surface area contributed by atoms with Crippen molar-refractivity contribution < 1.29 is 9.53 Å². The van der Waals surface area contributed by atoms with E-state index in [1.54, 1.807) is 6.07 Å². The molecule has 1 amide bonds. The van der Waals surface area contributed by atoms with Crippen molar-refractivity contribution in [2.45, 2.75) is 100 Å². The van der Waals surface area contributed by atoms with Gasteiger partial charge in [-0.05, 0) is 122 Å². The van der Waals surface area contributed by atoms with Crippen molar-refractivity contribution in [1.29, 1.82) is 0 Å². The number of carbonyl (C=O) groups excluding carboxylic acids is 1. The molecule has 0 saturated carbocycles. The number of H-pyrrole nitrogens is 2. The number of aryl methyl sites for hydroxylation is 4. The number of ether oxygens (including phenoxy) is 1. The van der Waals surface area contributed by atoms with E-state index in [0.29, 0.717) is 17.1 Å². The fourth-order valence-electron chi connectivity index (χ4n) is 9.34. The molecule has 7 nitrogen and oxygen atoms in total. The van der Waals surface area contributed by atoms with Crippen LogP contribution >= 0.6 is 0 Å². The molecular formula is C48H51N5O2. The third-order valence-corrected chi connectivity index (χ3v) is 12.5. The quantitative estimate of drug-likeness (QED) is 0.162. The Balaban J connectivity index is 1.58. The molecule has 0 saturated heterocycles. The first-order valence-corrected chi connectivity index (χ1v) is 19.8. The molecule has 55 heavy (non-hydrogen) atoms. The Hall–Kier alpha value is -5.69. The Morgan fingerprint density at radius 1 is 0.691 bits per heavy atom. The number of para-hydroxylation sites is 2. The summed E-state index contributed by atoms with van der Waals surface area (Å²) in [6, 6.07) is 18.8. The first-order valence-electron chi connectivity index (χ1n) is 19.8. The van der Waals surface area contributed by atoms with Crippen LogP contribution < -0.4 is 10.5 Å². The van der Waals surface area contributed by atoms with Gasteiger partial charge in [0.05, 0.1) is 33.9 Å². The summed E-state index contributed by atoms with van der Waals surface area (Å²) >= 11 is 0. The number of rotatable bonds is 6. The van der Waals surface area contributed by atoms with E-state index in [2.05, 4.69) is 116 Å². The molecule has 5 aromatic rings. The number of hydrogen-bond acceptors (Lipinski definition) is 4. The molecule has 0 spiro atoms. The molecule has 8 rings (SSSR count). The first kappa shape index (κ1) is 36.3. The average Bonchev–Trinajstić information content (AvgIpc) is 3.84. The lowest BCUT2D eigenvalue weighted by Gasteiger charge is -2.36. The summed E-state index contributed by atoms with van der Waals surface area (Å²) in [7, 11) is 0. The number of nitrogens with one attached hydrogen (secondary N) is 2. The van der Waals surface area contributed by atoms with Crippen molar-refractivity contribution in [2.24, 2.45) is 5.73 Å². The van der Waals surface area contributed by atoms with Gasteiger partial charge in [0.15, 0.2) is 0 Å². The van der Waals surface area contributed by atoms with Gasteiger partial charge in [0.2, 0.25) is 0 Å². The highest BCUT2D eigenvalue weighted by Crippen LogP contribution is 2.54. The molecule has 4 N–H and O–H groups in total. The highest BCUT2D eigenvalue weighted by molar-refractivity contribution is 6.03. The normalized spacial score (nSPS) is 14.6. The van der Waals surface area contributed by atoms with E-state index >= 15 is 0 Å². The lowest BCUT2D eigenvalue weighted by Crippen LogP contribution is -2.26. The van der Waals surface area contributed by atoms with Gasteiger partial charge < -0.3 is 20.4 Å². The predicted molar refractivity (Wildman–Crippen MR) is 227 cm³/mol. The number of amides is 1. The molecule has 2 aromatic carbocycles. The second-order valence-corrected chi connectivity index (χ2v) is 15.7. The van der Waals surface area contributed by atoms with Crippen LogP contribution in [0.3, 0.4) is 0 Å². The Bertz CT molecular complexity index is 2720. The molecule has 0 aliphatic carbocycles. The second-order valence-electron chi connectivity index (χ2n) is 15.7. The van der Waals surface area contributed by atoms with E-state index in [9.17, 15) is 4.79 Å². The molecule has 3 aliphatic rings. The number of primary amides is 1. The molecule has 3 aromatic heterocycles. The Morgan fingerprint density at radius 2 is 1.27 bits per heavy atom. The predicted octanol–water partition coefficient (Wildman–Crippen LogP) is 11.9. The van der Waals surface area contributed by atoms with Crippen LogP contribution in [0.15, 0.2) is 54.6 Å². The van der Waals surface area contributed by atoms with Crippen LogP contribution in [0.1, 0.15) is 135 Å². The van der Waals surface area contributed by atoms with Crippen LogP contribution in [0.4, 0.5) is 0 Å². The van der Waals surface area contributed by atoms with Crippen LogP contribution in [-0.2, 0) is 18.3 Å². The van der Waals surface area contributed by atoms with Gasteiger partial charge in [-0.15, -0.1) is 0 Å². The van der Waals surface area contributed by atoms with E-state index in [1.807, 2.05) is 12.1 Å². The number of carbonyl (C=O) groups is 1. The smallest absolute Gasteiger partial charge is 0.252 e. The fraction of sp³-hybridized carbons (Fsp3) is 0.312. The van der Waals surface area contributed by atoms with Crippen molar-refractivity contribution in [3.8, 4) is 22.6 Å². The number of allylic oxidation sites excluding steroid dienone is 4. The standard InChI is InChI=1S/C48H51N5O2/c1-11-28-24(5)36-21-37-25(6)29(12-2)39(51-37)23-41-31(14-4)27(8)44(53-41)42(43-26(7)30(13-3)40(52-43)22-38(28)50-36)32-17-15-19-34-45(32)55-46-33(47(49)54)18-16-20-35(46)48(34,9)10/h15-23,50,53H,11-14H2,1-10H3,(H2,49,54). The average molecular weight is 730 g/mol. The van der Waals surface area contributed by atoms with Crippen molar-refractivity contribution in [2.75, 3.05) is 0 Å². The van der Waals surface area contributed by atoms with Gasteiger partial charge in [-0.25, -0.2) is 9.97 Å². The topological polar surface area (TPSA) is 110 Å². The molecule has 7 heteroatoms. The van der Waals surface area contributed by atoms with E-state index in [1.165, 1.54) is 33.4 Å². The highest BCUT2D eigenvalue weighted by atomic mass is 16.5. The zero-order valence-electron chi connectivity index (χ0n) is 33.8. The van der Waals surface area contributed by atoms with Crippen LogP contribution in [0.2, 0.25) is 0 Å². The van der Waals surface area contributed by atoms with E-state index in [4.69, 9.17) is 20.4 Å². The van der Waals surface area contributed by atoms with Crippen LogP contribution in [0.25, 0.3) is 55.5 Å². The van der Waals surface area contributed by atoms with Gasteiger partial charge in [0, 0.05) is 44.2 Å². The molecule has 0 atom stereocenters. The SMILES string of the molecule is CCC1=C(C)c2cc3[nH]c(cc4nc(c(-c5cccc6c5Oc5c(C(N)=O)cccc5C6(C)C)c5[nH]c(cc1n2)c(CC)c5C)C(C)=C4CC)c(CC)c3C. The highest BCUT2D eigenvalue weighted by Gasteiger charge is 2.38. The van der Waals surface area contributed by atoms with Gasteiger partial charge in [-0.2, -0.15) is 0 Å². The molecule has 3 aliphatic heterocycles. The largest absolute Gasteiger partial charge is 0.455 e. The van der Waals surface area contributed by atoms with Gasteiger partial charge >= 0.3 is 0 Å². The molecule has 0 unspecified atom stereocenters. The van der Waals surface area contributed by atoms with Crippen molar-refractivity contribution >= 4 is 50.3 Å².